The molecule has 1 heterocycles. The molecule has 0 aliphatic rings. The fourth-order valence-electron chi connectivity index (χ4n) is 1.73. The van der Waals surface area contributed by atoms with Gasteiger partial charge in [0.15, 0.2) is 0 Å². The van der Waals surface area contributed by atoms with Crippen molar-refractivity contribution in [2.45, 2.75) is 27.7 Å². The summed E-state index contributed by atoms with van der Waals surface area (Å²) in [6, 6.07) is 5.07. The van der Waals surface area contributed by atoms with E-state index in [1.54, 1.807) is 39.0 Å². The minimum Gasteiger partial charge on any atom is -0.426 e. The quantitative estimate of drug-likeness (QED) is 0.473. The summed E-state index contributed by atoms with van der Waals surface area (Å²) in [5.74, 6) is -0.134. The first kappa shape index (κ1) is 13.3. The van der Waals surface area contributed by atoms with Gasteiger partial charge in [0.05, 0.1) is 5.92 Å². The SMILES string of the molecule is Cc1c(C)c2ccc(OC(=O)C(C)C)cc2oc1=O. The van der Waals surface area contributed by atoms with E-state index in [-0.39, 0.29) is 17.5 Å². The Morgan fingerprint density at radius 3 is 2.53 bits per heavy atom. The molecular formula is C15H16O4. The van der Waals surface area contributed by atoms with Crippen LogP contribution in [0.3, 0.4) is 0 Å². The highest BCUT2D eigenvalue weighted by molar-refractivity contribution is 5.83. The number of aryl methyl sites for hydroxylation is 1. The van der Waals surface area contributed by atoms with Crippen LogP contribution in [0.15, 0.2) is 27.4 Å². The number of benzene rings is 1. The maximum atomic E-state index is 11.6. The molecule has 100 valence electrons. The first-order valence-electron chi connectivity index (χ1n) is 6.16. The van der Waals surface area contributed by atoms with Crippen molar-refractivity contribution >= 4 is 16.9 Å². The van der Waals surface area contributed by atoms with Gasteiger partial charge in [0, 0.05) is 17.0 Å². The van der Waals surface area contributed by atoms with Gasteiger partial charge in [-0.15, -0.1) is 0 Å². The van der Waals surface area contributed by atoms with Crippen molar-refractivity contribution in [1.29, 1.82) is 0 Å². The topological polar surface area (TPSA) is 56.5 Å². The summed E-state index contributed by atoms with van der Waals surface area (Å²) in [4.78, 5) is 23.1. The van der Waals surface area contributed by atoms with E-state index in [4.69, 9.17) is 9.15 Å². The van der Waals surface area contributed by atoms with Crippen LogP contribution in [0, 0.1) is 19.8 Å². The molecule has 1 aromatic carbocycles. The molecule has 0 unspecified atom stereocenters. The standard InChI is InChI=1S/C15H16O4/c1-8(2)14(16)18-11-5-6-12-9(3)10(4)15(17)19-13(12)7-11/h5-8H,1-4H3. The van der Waals surface area contributed by atoms with Crippen molar-refractivity contribution < 1.29 is 13.9 Å². The molecule has 4 heteroatoms. The zero-order valence-electron chi connectivity index (χ0n) is 11.4. The summed E-state index contributed by atoms with van der Waals surface area (Å²) in [5.41, 5.74) is 1.55. The molecule has 0 radical (unpaired) electrons. The highest BCUT2D eigenvalue weighted by Gasteiger charge is 2.12. The third kappa shape index (κ3) is 2.52. The third-order valence-corrected chi connectivity index (χ3v) is 3.12. The lowest BCUT2D eigenvalue weighted by Crippen LogP contribution is -2.14. The van der Waals surface area contributed by atoms with Crippen LogP contribution < -0.4 is 10.4 Å². The number of rotatable bonds is 2. The number of hydrogen-bond acceptors (Lipinski definition) is 4. The van der Waals surface area contributed by atoms with E-state index in [0.717, 1.165) is 10.9 Å². The predicted octanol–water partition coefficient (Wildman–Crippen LogP) is 2.97. The molecule has 4 nitrogen and oxygen atoms in total. The maximum absolute atomic E-state index is 11.6. The van der Waals surface area contributed by atoms with Crippen molar-refractivity contribution in [1.82, 2.24) is 0 Å². The maximum Gasteiger partial charge on any atom is 0.339 e. The zero-order chi connectivity index (χ0) is 14.2. The lowest BCUT2D eigenvalue weighted by molar-refractivity contribution is -0.137. The Hall–Kier alpha value is -2.10. The van der Waals surface area contributed by atoms with Crippen LogP contribution in [0.1, 0.15) is 25.0 Å². The second kappa shape index (κ2) is 4.88. The van der Waals surface area contributed by atoms with E-state index in [9.17, 15) is 9.59 Å². The van der Waals surface area contributed by atoms with Crippen LogP contribution >= 0.6 is 0 Å². The monoisotopic (exact) mass is 260 g/mol. The zero-order valence-corrected chi connectivity index (χ0v) is 11.4. The van der Waals surface area contributed by atoms with Crippen molar-refractivity contribution in [2.24, 2.45) is 5.92 Å². The van der Waals surface area contributed by atoms with Crippen LogP contribution in [0.5, 0.6) is 5.75 Å². The number of fused-ring (bicyclic) bond motifs is 1. The number of esters is 1. The van der Waals surface area contributed by atoms with Gasteiger partial charge in [-0.3, -0.25) is 4.79 Å². The van der Waals surface area contributed by atoms with Crippen LogP contribution in [0.25, 0.3) is 11.0 Å². The molecule has 0 spiro atoms. The first-order valence-corrected chi connectivity index (χ1v) is 6.16. The second-order valence-electron chi connectivity index (χ2n) is 4.87. The van der Waals surface area contributed by atoms with Gasteiger partial charge < -0.3 is 9.15 Å². The highest BCUT2D eigenvalue weighted by atomic mass is 16.5. The van der Waals surface area contributed by atoms with Gasteiger partial charge in [-0.25, -0.2) is 4.79 Å². The molecule has 0 saturated heterocycles. The summed E-state index contributed by atoms with van der Waals surface area (Å²) >= 11 is 0. The Morgan fingerprint density at radius 1 is 1.21 bits per heavy atom. The minimum absolute atomic E-state index is 0.206. The normalized spacial score (nSPS) is 11.0. The molecule has 19 heavy (non-hydrogen) atoms. The Labute approximate surface area is 111 Å². The molecule has 0 amide bonds. The van der Waals surface area contributed by atoms with Gasteiger partial charge >= 0.3 is 11.6 Å². The van der Waals surface area contributed by atoms with E-state index < -0.39 is 0 Å². The molecule has 0 aliphatic heterocycles. The Kier molecular flexibility index (Phi) is 3.42. The minimum atomic E-state index is -0.364. The average Bonchev–Trinajstić information content (AvgIpc) is 2.35. The molecule has 0 atom stereocenters. The number of carbonyl (C=O) groups is 1. The summed E-state index contributed by atoms with van der Waals surface area (Å²) < 4.78 is 10.4. The van der Waals surface area contributed by atoms with Gasteiger partial charge in [-0.1, -0.05) is 13.8 Å². The van der Waals surface area contributed by atoms with Crippen molar-refractivity contribution in [3.63, 3.8) is 0 Å². The van der Waals surface area contributed by atoms with Crippen LogP contribution in [-0.2, 0) is 4.79 Å². The Morgan fingerprint density at radius 2 is 1.89 bits per heavy atom. The number of hydrogen-bond donors (Lipinski definition) is 0. The number of ether oxygens (including phenoxy) is 1. The third-order valence-electron chi connectivity index (χ3n) is 3.12. The molecule has 0 bridgehead atoms. The van der Waals surface area contributed by atoms with Gasteiger partial charge in [0.2, 0.25) is 0 Å². The van der Waals surface area contributed by atoms with Gasteiger partial charge in [-0.2, -0.15) is 0 Å². The predicted molar refractivity (Wildman–Crippen MR) is 72.4 cm³/mol. The summed E-state index contributed by atoms with van der Waals surface area (Å²) in [6.07, 6.45) is 0. The Balaban J connectivity index is 2.50. The Bertz CT molecular complexity index is 695. The first-order chi connectivity index (χ1) is 8.90. The van der Waals surface area contributed by atoms with E-state index in [1.807, 2.05) is 6.92 Å². The molecule has 0 aliphatic carbocycles. The lowest BCUT2D eigenvalue weighted by atomic mass is 10.1. The largest absolute Gasteiger partial charge is 0.426 e. The average molecular weight is 260 g/mol. The molecule has 0 fully saturated rings. The van der Waals surface area contributed by atoms with Crippen molar-refractivity contribution in [3.05, 3.63) is 39.7 Å². The molecule has 2 aromatic rings. The van der Waals surface area contributed by atoms with E-state index in [0.29, 0.717) is 16.9 Å². The molecule has 0 saturated carbocycles. The number of carbonyl (C=O) groups excluding carboxylic acids is 1. The summed E-state index contributed by atoms with van der Waals surface area (Å²) in [6.45, 7) is 7.12. The van der Waals surface area contributed by atoms with E-state index in [2.05, 4.69) is 0 Å². The van der Waals surface area contributed by atoms with Crippen LogP contribution in [-0.4, -0.2) is 5.97 Å². The smallest absolute Gasteiger partial charge is 0.339 e. The second-order valence-corrected chi connectivity index (χ2v) is 4.87. The van der Waals surface area contributed by atoms with Crippen LogP contribution in [0.4, 0.5) is 0 Å². The summed E-state index contributed by atoms with van der Waals surface area (Å²) in [5, 5.41) is 0.849. The van der Waals surface area contributed by atoms with Crippen molar-refractivity contribution in [3.8, 4) is 5.75 Å². The van der Waals surface area contributed by atoms with E-state index in [1.165, 1.54) is 0 Å². The van der Waals surface area contributed by atoms with Crippen LogP contribution in [0.2, 0.25) is 0 Å². The highest BCUT2D eigenvalue weighted by Crippen LogP contribution is 2.24. The van der Waals surface area contributed by atoms with Gasteiger partial charge in [0.25, 0.3) is 0 Å². The van der Waals surface area contributed by atoms with Gasteiger partial charge in [0.1, 0.15) is 11.3 Å². The van der Waals surface area contributed by atoms with Crippen molar-refractivity contribution in [2.75, 3.05) is 0 Å². The summed E-state index contributed by atoms with van der Waals surface area (Å²) in [7, 11) is 0. The van der Waals surface area contributed by atoms with E-state index >= 15 is 0 Å². The fourth-order valence-corrected chi connectivity index (χ4v) is 1.73. The molecule has 2 rings (SSSR count). The van der Waals surface area contributed by atoms with Gasteiger partial charge in [-0.05, 0) is 31.5 Å². The lowest BCUT2D eigenvalue weighted by Gasteiger charge is -2.08. The molecular weight excluding hydrogens is 244 g/mol. The fraction of sp³-hybridized carbons (Fsp3) is 0.333. The molecule has 0 N–H and O–H groups in total. The molecule has 1 aromatic heterocycles.